The van der Waals surface area contributed by atoms with E-state index < -0.39 is 0 Å². The molecule has 0 unspecified atom stereocenters. The molecule has 0 radical (unpaired) electrons. The molecule has 1 saturated heterocycles. The van der Waals surface area contributed by atoms with E-state index in [1.54, 1.807) is 24.0 Å². The van der Waals surface area contributed by atoms with Gasteiger partial charge >= 0.3 is 0 Å². The van der Waals surface area contributed by atoms with Gasteiger partial charge in [-0.05, 0) is 50.1 Å². The van der Waals surface area contributed by atoms with Crippen LogP contribution in [0.2, 0.25) is 0 Å². The van der Waals surface area contributed by atoms with E-state index in [1.165, 1.54) is 11.3 Å². The van der Waals surface area contributed by atoms with Crippen LogP contribution in [0.1, 0.15) is 24.6 Å². The van der Waals surface area contributed by atoms with Gasteiger partial charge in [0.2, 0.25) is 5.91 Å². The lowest BCUT2D eigenvalue weighted by Gasteiger charge is -2.36. The molecule has 1 N–H and O–H groups in total. The Bertz CT molecular complexity index is 613. The monoisotopic (exact) mass is 347 g/mol. The van der Waals surface area contributed by atoms with Crippen molar-refractivity contribution in [1.29, 1.82) is 0 Å². The van der Waals surface area contributed by atoms with Gasteiger partial charge < -0.3 is 5.32 Å². The van der Waals surface area contributed by atoms with Gasteiger partial charge in [-0.3, -0.25) is 14.4 Å². The van der Waals surface area contributed by atoms with Crippen molar-refractivity contribution in [2.45, 2.75) is 38.8 Å². The molecule has 1 fully saturated rings. The zero-order chi connectivity index (χ0) is 16.8. The number of thiophene rings is 1. The quantitative estimate of drug-likeness (QED) is 0.830. The Morgan fingerprint density at radius 2 is 2.46 bits per heavy atom. The van der Waals surface area contributed by atoms with E-state index in [1.807, 2.05) is 17.7 Å². The fraction of sp³-hybridized carbons (Fsp3) is 0.588. The Balaban J connectivity index is 1.44. The summed E-state index contributed by atoms with van der Waals surface area (Å²) in [7, 11) is 0. The van der Waals surface area contributed by atoms with Crippen LogP contribution in [-0.4, -0.2) is 51.2 Å². The molecule has 0 bridgehead atoms. The van der Waals surface area contributed by atoms with Crippen LogP contribution in [-0.2, 0) is 17.8 Å². The van der Waals surface area contributed by atoms with Crippen molar-refractivity contribution in [3.05, 3.63) is 35.0 Å². The predicted molar refractivity (Wildman–Crippen MR) is 94.8 cm³/mol. The first-order chi connectivity index (χ1) is 11.7. The number of aromatic nitrogens is 3. The number of nitrogens with one attached hydrogen (secondary N) is 1. The Labute approximate surface area is 146 Å². The summed E-state index contributed by atoms with van der Waals surface area (Å²) >= 11 is 1.74. The Kier molecular flexibility index (Phi) is 5.98. The lowest BCUT2D eigenvalue weighted by atomic mass is 9.96. The summed E-state index contributed by atoms with van der Waals surface area (Å²) in [6.45, 7) is 5.54. The number of carbonyl (C=O) groups is 1. The Morgan fingerprint density at radius 3 is 3.21 bits per heavy atom. The number of carbonyl (C=O) groups excluding carboxylic acids is 1. The molecule has 6 nitrogen and oxygen atoms in total. The fourth-order valence-electron chi connectivity index (χ4n) is 3.27. The highest BCUT2D eigenvalue weighted by Crippen LogP contribution is 2.20. The molecule has 1 aliphatic heterocycles. The van der Waals surface area contributed by atoms with Crippen LogP contribution in [0.3, 0.4) is 0 Å². The average Bonchev–Trinajstić information content (AvgIpc) is 3.28. The molecule has 2 aromatic rings. The van der Waals surface area contributed by atoms with Crippen LogP contribution in [0.15, 0.2) is 30.2 Å². The van der Waals surface area contributed by atoms with E-state index in [2.05, 4.69) is 31.7 Å². The molecular weight excluding hydrogens is 322 g/mol. The van der Waals surface area contributed by atoms with Gasteiger partial charge in [0.15, 0.2) is 0 Å². The third-order valence-electron chi connectivity index (χ3n) is 4.64. The van der Waals surface area contributed by atoms with Gasteiger partial charge in [-0.1, -0.05) is 6.07 Å². The number of likely N-dealkylation sites (tertiary alicyclic amines) is 1. The van der Waals surface area contributed by atoms with Gasteiger partial charge in [0.1, 0.15) is 12.7 Å². The maximum absolute atomic E-state index is 12.4. The minimum absolute atomic E-state index is 0.0770. The van der Waals surface area contributed by atoms with Gasteiger partial charge in [0.05, 0.1) is 6.04 Å². The number of hydrogen-bond acceptors (Lipinski definition) is 5. The first kappa shape index (κ1) is 17.1. The molecule has 0 spiro atoms. The van der Waals surface area contributed by atoms with Crippen LogP contribution < -0.4 is 5.32 Å². The Hall–Kier alpha value is -1.73. The largest absolute Gasteiger partial charge is 0.354 e. The first-order valence-electron chi connectivity index (χ1n) is 8.59. The molecule has 24 heavy (non-hydrogen) atoms. The lowest BCUT2D eigenvalue weighted by Crippen LogP contribution is -2.49. The van der Waals surface area contributed by atoms with Gasteiger partial charge in [-0.15, -0.1) is 11.3 Å². The highest BCUT2D eigenvalue weighted by molar-refractivity contribution is 7.09. The SMILES string of the molecule is C[C@H](C(=O)NCCc1cccs1)N1CCC[C@@H](Cn2cncn2)C1. The minimum Gasteiger partial charge on any atom is -0.354 e. The number of amides is 1. The molecular formula is C17H25N5OS. The molecule has 130 valence electrons. The highest BCUT2D eigenvalue weighted by Gasteiger charge is 2.27. The fourth-order valence-corrected chi connectivity index (χ4v) is 3.98. The first-order valence-corrected chi connectivity index (χ1v) is 9.47. The highest BCUT2D eigenvalue weighted by atomic mass is 32.1. The zero-order valence-electron chi connectivity index (χ0n) is 14.1. The summed E-state index contributed by atoms with van der Waals surface area (Å²) in [4.78, 5) is 20.0. The number of nitrogens with zero attached hydrogens (tertiary/aromatic N) is 4. The summed E-state index contributed by atoms with van der Waals surface area (Å²) in [5.41, 5.74) is 0. The molecule has 2 atom stereocenters. The van der Waals surface area contributed by atoms with Crippen LogP contribution in [0.4, 0.5) is 0 Å². The van der Waals surface area contributed by atoms with Gasteiger partial charge in [0.25, 0.3) is 0 Å². The van der Waals surface area contributed by atoms with Crippen molar-refractivity contribution in [3.63, 3.8) is 0 Å². The van der Waals surface area contributed by atoms with Crippen molar-refractivity contribution in [2.75, 3.05) is 19.6 Å². The van der Waals surface area contributed by atoms with Crippen molar-refractivity contribution in [3.8, 4) is 0 Å². The average molecular weight is 347 g/mol. The minimum atomic E-state index is -0.0770. The topological polar surface area (TPSA) is 63.1 Å². The molecule has 3 heterocycles. The van der Waals surface area contributed by atoms with Gasteiger partial charge in [-0.25, -0.2) is 4.98 Å². The zero-order valence-corrected chi connectivity index (χ0v) is 14.9. The summed E-state index contributed by atoms with van der Waals surface area (Å²) in [5.74, 6) is 0.662. The summed E-state index contributed by atoms with van der Waals surface area (Å²) in [6, 6.07) is 4.08. The molecule has 0 aliphatic carbocycles. The molecule has 7 heteroatoms. The second kappa shape index (κ2) is 8.39. The number of hydrogen-bond donors (Lipinski definition) is 1. The van der Waals surface area contributed by atoms with Crippen LogP contribution in [0.5, 0.6) is 0 Å². The van der Waals surface area contributed by atoms with E-state index in [4.69, 9.17) is 0 Å². The van der Waals surface area contributed by atoms with Crippen molar-refractivity contribution >= 4 is 17.2 Å². The van der Waals surface area contributed by atoms with Crippen molar-refractivity contribution in [2.24, 2.45) is 5.92 Å². The summed E-state index contributed by atoms with van der Waals surface area (Å²) < 4.78 is 1.89. The Morgan fingerprint density at radius 1 is 1.54 bits per heavy atom. The normalized spacial score (nSPS) is 20.0. The summed E-state index contributed by atoms with van der Waals surface area (Å²) in [6.07, 6.45) is 6.56. The van der Waals surface area contributed by atoms with E-state index in [-0.39, 0.29) is 11.9 Å². The maximum Gasteiger partial charge on any atom is 0.237 e. The van der Waals surface area contributed by atoms with E-state index in [0.717, 1.165) is 32.5 Å². The number of piperidine rings is 1. The van der Waals surface area contributed by atoms with Crippen LogP contribution in [0, 0.1) is 5.92 Å². The maximum atomic E-state index is 12.4. The van der Waals surface area contributed by atoms with Crippen LogP contribution >= 0.6 is 11.3 Å². The molecule has 0 aromatic carbocycles. The van der Waals surface area contributed by atoms with Gasteiger partial charge in [0, 0.05) is 24.5 Å². The second-order valence-electron chi connectivity index (χ2n) is 6.42. The lowest BCUT2D eigenvalue weighted by molar-refractivity contribution is -0.126. The standard InChI is InChI=1S/C17H25N5OS/c1-14(17(23)19-7-6-16-5-3-9-24-16)21-8-2-4-15(10-21)11-22-13-18-12-20-22/h3,5,9,12-15H,2,4,6-8,10-11H2,1H3,(H,19,23)/t14-,15-/m1/s1. The number of rotatable bonds is 7. The molecule has 3 rings (SSSR count). The molecule has 0 saturated carbocycles. The molecule has 1 amide bonds. The third-order valence-corrected chi connectivity index (χ3v) is 5.58. The molecule has 2 aromatic heterocycles. The van der Waals surface area contributed by atoms with Crippen molar-refractivity contribution in [1.82, 2.24) is 25.0 Å². The van der Waals surface area contributed by atoms with Crippen molar-refractivity contribution < 1.29 is 4.79 Å². The van der Waals surface area contributed by atoms with Gasteiger partial charge in [-0.2, -0.15) is 5.10 Å². The van der Waals surface area contributed by atoms with E-state index in [9.17, 15) is 4.79 Å². The second-order valence-corrected chi connectivity index (χ2v) is 7.45. The van der Waals surface area contributed by atoms with E-state index >= 15 is 0 Å². The third kappa shape index (κ3) is 4.64. The smallest absolute Gasteiger partial charge is 0.237 e. The molecule has 1 aliphatic rings. The predicted octanol–water partition coefficient (Wildman–Crippen LogP) is 1.80. The summed E-state index contributed by atoms with van der Waals surface area (Å²) in [5, 5.41) is 9.34. The van der Waals surface area contributed by atoms with Crippen LogP contribution in [0.25, 0.3) is 0 Å². The van der Waals surface area contributed by atoms with E-state index in [0.29, 0.717) is 12.5 Å².